The standard InChI is InChI=1S/C11H21NO2/c1-11(13)5-8-14-9-10(11)12-6-3-2-4-7-12/h10,13H,2-9H2,1H3. The maximum atomic E-state index is 10.3. The summed E-state index contributed by atoms with van der Waals surface area (Å²) in [6.07, 6.45) is 4.65. The van der Waals surface area contributed by atoms with E-state index in [4.69, 9.17) is 4.74 Å². The molecule has 0 bridgehead atoms. The molecule has 14 heavy (non-hydrogen) atoms. The monoisotopic (exact) mass is 199 g/mol. The molecule has 1 N–H and O–H groups in total. The van der Waals surface area contributed by atoms with Gasteiger partial charge in [0, 0.05) is 13.0 Å². The molecule has 82 valence electrons. The van der Waals surface area contributed by atoms with Crippen LogP contribution >= 0.6 is 0 Å². The third-order valence-electron chi connectivity index (χ3n) is 3.58. The van der Waals surface area contributed by atoms with E-state index in [0.717, 1.165) is 19.5 Å². The average molecular weight is 199 g/mol. The van der Waals surface area contributed by atoms with Crippen LogP contribution in [-0.4, -0.2) is 48.0 Å². The Labute approximate surface area is 86.0 Å². The van der Waals surface area contributed by atoms with E-state index < -0.39 is 5.60 Å². The highest BCUT2D eigenvalue weighted by molar-refractivity contribution is 4.92. The van der Waals surface area contributed by atoms with Crippen molar-refractivity contribution in [3.05, 3.63) is 0 Å². The highest BCUT2D eigenvalue weighted by Crippen LogP contribution is 2.26. The molecule has 0 aromatic rings. The van der Waals surface area contributed by atoms with Crippen molar-refractivity contribution in [2.24, 2.45) is 0 Å². The number of aliphatic hydroxyl groups is 1. The molecule has 2 fully saturated rings. The second kappa shape index (κ2) is 4.17. The van der Waals surface area contributed by atoms with Crippen LogP contribution in [0.1, 0.15) is 32.6 Å². The quantitative estimate of drug-likeness (QED) is 0.684. The lowest BCUT2D eigenvalue weighted by Crippen LogP contribution is -2.57. The lowest BCUT2D eigenvalue weighted by atomic mass is 9.89. The summed E-state index contributed by atoms with van der Waals surface area (Å²) in [7, 11) is 0. The molecule has 2 aliphatic rings. The second-order valence-electron chi connectivity index (χ2n) is 4.79. The van der Waals surface area contributed by atoms with Crippen LogP contribution in [-0.2, 0) is 4.74 Å². The van der Waals surface area contributed by atoms with Gasteiger partial charge in [0.1, 0.15) is 0 Å². The van der Waals surface area contributed by atoms with Gasteiger partial charge in [-0.05, 0) is 32.9 Å². The molecule has 0 saturated carbocycles. The van der Waals surface area contributed by atoms with Crippen LogP contribution in [0.25, 0.3) is 0 Å². The fourth-order valence-electron chi connectivity index (χ4n) is 2.55. The van der Waals surface area contributed by atoms with Gasteiger partial charge >= 0.3 is 0 Å². The largest absolute Gasteiger partial charge is 0.388 e. The van der Waals surface area contributed by atoms with Crippen LogP contribution in [0.2, 0.25) is 0 Å². The van der Waals surface area contributed by atoms with Crippen LogP contribution in [0.3, 0.4) is 0 Å². The van der Waals surface area contributed by atoms with Gasteiger partial charge in [-0.2, -0.15) is 0 Å². The summed E-state index contributed by atoms with van der Waals surface area (Å²) in [5.41, 5.74) is -0.546. The Balaban J connectivity index is 1.99. The van der Waals surface area contributed by atoms with Crippen LogP contribution in [0.5, 0.6) is 0 Å². The molecule has 2 unspecified atom stereocenters. The Morgan fingerprint density at radius 1 is 1.29 bits per heavy atom. The van der Waals surface area contributed by atoms with Crippen molar-refractivity contribution in [1.29, 1.82) is 0 Å². The summed E-state index contributed by atoms with van der Waals surface area (Å²) < 4.78 is 5.47. The van der Waals surface area contributed by atoms with E-state index in [1.165, 1.54) is 19.3 Å². The predicted octanol–water partition coefficient (Wildman–Crippen LogP) is 1.01. The number of hydrogen-bond acceptors (Lipinski definition) is 3. The van der Waals surface area contributed by atoms with Crippen molar-refractivity contribution in [3.8, 4) is 0 Å². The average Bonchev–Trinajstić information content (AvgIpc) is 2.18. The number of rotatable bonds is 1. The molecular formula is C11H21NO2. The van der Waals surface area contributed by atoms with Crippen molar-refractivity contribution in [1.82, 2.24) is 4.90 Å². The number of likely N-dealkylation sites (tertiary alicyclic amines) is 1. The van der Waals surface area contributed by atoms with E-state index in [0.29, 0.717) is 13.2 Å². The summed E-state index contributed by atoms with van der Waals surface area (Å²) in [5, 5.41) is 10.3. The molecule has 2 heterocycles. The van der Waals surface area contributed by atoms with Crippen LogP contribution < -0.4 is 0 Å². The number of piperidine rings is 1. The zero-order valence-corrected chi connectivity index (χ0v) is 9.04. The van der Waals surface area contributed by atoms with Gasteiger partial charge in [-0.15, -0.1) is 0 Å². The van der Waals surface area contributed by atoms with Gasteiger partial charge in [0.2, 0.25) is 0 Å². The van der Waals surface area contributed by atoms with Crippen LogP contribution in [0.4, 0.5) is 0 Å². The first-order valence-corrected chi connectivity index (χ1v) is 5.74. The summed E-state index contributed by atoms with van der Waals surface area (Å²) in [6, 6.07) is 0.219. The van der Waals surface area contributed by atoms with E-state index in [-0.39, 0.29) is 6.04 Å². The molecule has 0 aliphatic carbocycles. The number of hydrogen-bond donors (Lipinski definition) is 1. The fourth-order valence-corrected chi connectivity index (χ4v) is 2.55. The van der Waals surface area contributed by atoms with E-state index in [1.807, 2.05) is 6.92 Å². The number of nitrogens with zero attached hydrogens (tertiary/aromatic N) is 1. The van der Waals surface area contributed by atoms with Crippen LogP contribution in [0.15, 0.2) is 0 Å². The highest BCUT2D eigenvalue weighted by atomic mass is 16.5. The first kappa shape index (κ1) is 10.4. The smallest absolute Gasteiger partial charge is 0.0818 e. The zero-order chi connectivity index (χ0) is 10.0. The zero-order valence-electron chi connectivity index (χ0n) is 9.04. The molecule has 2 aliphatic heterocycles. The van der Waals surface area contributed by atoms with Crippen molar-refractivity contribution in [2.75, 3.05) is 26.3 Å². The molecular weight excluding hydrogens is 178 g/mol. The lowest BCUT2D eigenvalue weighted by Gasteiger charge is -2.45. The highest BCUT2D eigenvalue weighted by Gasteiger charge is 2.39. The van der Waals surface area contributed by atoms with E-state index in [1.54, 1.807) is 0 Å². The molecule has 0 amide bonds. The maximum absolute atomic E-state index is 10.3. The molecule has 2 saturated heterocycles. The van der Waals surface area contributed by atoms with Crippen molar-refractivity contribution in [3.63, 3.8) is 0 Å². The van der Waals surface area contributed by atoms with E-state index in [2.05, 4.69) is 4.90 Å². The SMILES string of the molecule is CC1(O)CCOCC1N1CCCCC1. The van der Waals surface area contributed by atoms with Gasteiger partial charge in [-0.3, -0.25) is 4.90 Å². The van der Waals surface area contributed by atoms with Gasteiger partial charge in [0.15, 0.2) is 0 Å². The van der Waals surface area contributed by atoms with Gasteiger partial charge in [0.25, 0.3) is 0 Å². The summed E-state index contributed by atoms with van der Waals surface area (Å²) in [5.74, 6) is 0. The van der Waals surface area contributed by atoms with Crippen molar-refractivity contribution >= 4 is 0 Å². The minimum atomic E-state index is -0.546. The maximum Gasteiger partial charge on any atom is 0.0818 e. The fraction of sp³-hybridized carbons (Fsp3) is 1.00. The molecule has 3 heteroatoms. The predicted molar refractivity (Wildman–Crippen MR) is 55.3 cm³/mol. The molecule has 2 rings (SSSR count). The van der Waals surface area contributed by atoms with Gasteiger partial charge in [-0.1, -0.05) is 6.42 Å². The molecule has 2 atom stereocenters. The van der Waals surface area contributed by atoms with E-state index in [9.17, 15) is 5.11 Å². The minimum absolute atomic E-state index is 0.219. The van der Waals surface area contributed by atoms with Gasteiger partial charge < -0.3 is 9.84 Å². The first-order valence-electron chi connectivity index (χ1n) is 5.74. The Kier molecular flexibility index (Phi) is 3.10. The van der Waals surface area contributed by atoms with Gasteiger partial charge in [-0.25, -0.2) is 0 Å². The Morgan fingerprint density at radius 2 is 2.00 bits per heavy atom. The Bertz CT molecular complexity index is 188. The molecule has 0 aromatic carbocycles. The third-order valence-corrected chi connectivity index (χ3v) is 3.58. The molecule has 0 aromatic heterocycles. The first-order chi connectivity index (χ1) is 6.70. The van der Waals surface area contributed by atoms with Crippen molar-refractivity contribution < 1.29 is 9.84 Å². The molecule has 0 spiro atoms. The normalized spacial score (nSPS) is 41.1. The minimum Gasteiger partial charge on any atom is -0.388 e. The summed E-state index contributed by atoms with van der Waals surface area (Å²) >= 11 is 0. The topological polar surface area (TPSA) is 32.7 Å². The van der Waals surface area contributed by atoms with Crippen molar-refractivity contribution in [2.45, 2.75) is 44.2 Å². The summed E-state index contributed by atoms with van der Waals surface area (Å²) in [6.45, 7) is 5.62. The lowest BCUT2D eigenvalue weighted by molar-refractivity contribution is -0.122. The molecule has 0 radical (unpaired) electrons. The summed E-state index contributed by atoms with van der Waals surface area (Å²) in [4.78, 5) is 2.41. The Morgan fingerprint density at radius 3 is 2.64 bits per heavy atom. The van der Waals surface area contributed by atoms with E-state index >= 15 is 0 Å². The molecule has 3 nitrogen and oxygen atoms in total. The van der Waals surface area contributed by atoms with Gasteiger partial charge in [0.05, 0.1) is 18.2 Å². The second-order valence-corrected chi connectivity index (χ2v) is 4.79. The number of ether oxygens (including phenoxy) is 1. The third kappa shape index (κ3) is 2.10. The Hall–Kier alpha value is -0.120. The van der Waals surface area contributed by atoms with Crippen LogP contribution in [0, 0.1) is 0 Å².